The van der Waals surface area contributed by atoms with Crippen LogP contribution in [0, 0.1) is 12.8 Å². The van der Waals surface area contributed by atoms with Gasteiger partial charge in [-0.25, -0.2) is 14.2 Å². The van der Waals surface area contributed by atoms with Gasteiger partial charge in [0.15, 0.2) is 11.6 Å². The van der Waals surface area contributed by atoms with Crippen molar-refractivity contribution in [1.29, 1.82) is 0 Å². The third kappa shape index (κ3) is 6.96. The maximum atomic E-state index is 14.0. The van der Waals surface area contributed by atoms with Gasteiger partial charge in [-0.05, 0) is 49.3 Å². The Labute approximate surface area is 261 Å². The van der Waals surface area contributed by atoms with E-state index in [0.717, 1.165) is 22.4 Å². The minimum absolute atomic E-state index is 0.0187. The van der Waals surface area contributed by atoms with E-state index in [1.807, 2.05) is 80.4 Å². The summed E-state index contributed by atoms with van der Waals surface area (Å²) in [5.74, 6) is 1.26. The Morgan fingerprint density at radius 1 is 1.07 bits per heavy atom. The Balaban J connectivity index is 1.54. The van der Waals surface area contributed by atoms with Crippen molar-refractivity contribution in [1.82, 2.24) is 39.9 Å². The van der Waals surface area contributed by atoms with Crippen LogP contribution < -0.4 is 10.6 Å². The molecule has 3 aromatic heterocycles. The van der Waals surface area contributed by atoms with Crippen molar-refractivity contribution in [2.45, 2.75) is 58.7 Å². The second-order valence-electron chi connectivity index (χ2n) is 11.5. The van der Waals surface area contributed by atoms with Crippen molar-refractivity contribution >= 4 is 35.0 Å². The minimum atomic E-state index is -0.677. The molecule has 0 saturated heterocycles. The van der Waals surface area contributed by atoms with Crippen LogP contribution in [-0.2, 0) is 16.1 Å². The lowest BCUT2D eigenvalue weighted by Gasteiger charge is -2.28. The van der Waals surface area contributed by atoms with Gasteiger partial charge >= 0.3 is 0 Å². The van der Waals surface area contributed by atoms with E-state index in [2.05, 4.69) is 15.7 Å². The smallest absolute Gasteiger partial charge is 0.257 e. The molecule has 0 spiro atoms. The lowest BCUT2D eigenvalue weighted by Crippen LogP contribution is -2.49. The first-order chi connectivity index (χ1) is 21.3. The minimum Gasteiger partial charge on any atom is -0.344 e. The highest BCUT2D eigenvalue weighted by molar-refractivity contribution is 7.98. The number of nitrogens with zero attached hydrogens (tertiary/aromatic N) is 6. The molecule has 0 saturated carbocycles. The first-order valence-corrected chi connectivity index (χ1v) is 16.5. The van der Waals surface area contributed by atoms with Gasteiger partial charge in [0.25, 0.3) is 5.91 Å². The molecule has 0 aliphatic carbocycles. The molecule has 2 N–H and O–H groups in total. The maximum absolute atomic E-state index is 14.0. The number of carbonyl (C=O) groups is 3. The first kappa shape index (κ1) is 31.2. The van der Waals surface area contributed by atoms with Crippen LogP contribution in [0.15, 0.2) is 54.9 Å². The highest BCUT2D eigenvalue weighted by Crippen LogP contribution is 2.25. The lowest BCUT2D eigenvalue weighted by molar-refractivity contribution is -0.129. The molecule has 1 aliphatic heterocycles. The summed E-state index contributed by atoms with van der Waals surface area (Å²) in [5, 5.41) is 15.4. The van der Waals surface area contributed by atoms with Crippen LogP contribution in [-0.4, -0.2) is 78.1 Å². The number of pyridine rings is 1. The Hall–Kier alpha value is -4.19. The number of rotatable bonds is 6. The molecule has 4 heterocycles. The SMILES string of the molecule is CSCC[C@@H]1NC(=O)CCCN(C(=O)c2cnn3cccc(C)c23)CCn2nc(-c3ccccc3)nc2[C@@H](C(C)C)NC1=O. The third-order valence-corrected chi connectivity index (χ3v) is 8.55. The zero-order valence-corrected chi connectivity index (χ0v) is 26.5. The fourth-order valence-electron chi connectivity index (χ4n) is 5.52. The highest BCUT2D eigenvalue weighted by Gasteiger charge is 2.30. The topological polar surface area (TPSA) is 127 Å². The predicted molar refractivity (Wildman–Crippen MR) is 171 cm³/mol. The van der Waals surface area contributed by atoms with Gasteiger partial charge < -0.3 is 15.5 Å². The van der Waals surface area contributed by atoms with Crippen LogP contribution in [0.5, 0.6) is 0 Å². The van der Waals surface area contributed by atoms with E-state index in [0.29, 0.717) is 49.7 Å². The fraction of sp³-hybridized carbons (Fsp3) is 0.438. The van der Waals surface area contributed by atoms with Gasteiger partial charge in [-0.3, -0.25) is 14.4 Å². The molecule has 4 aromatic rings. The van der Waals surface area contributed by atoms with E-state index < -0.39 is 12.1 Å². The summed E-state index contributed by atoms with van der Waals surface area (Å²) in [5.41, 5.74) is 3.09. The summed E-state index contributed by atoms with van der Waals surface area (Å²) >= 11 is 1.63. The average molecular weight is 617 g/mol. The van der Waals surface area contributed by atoms with Crippen LogP contribution >= 0.6 is 11.8 Å². The quantitative estimate of drug-likeness (QED) is 0.337. The molecule has 2 atom stereocenters. The summed E-state index contributed by atoms with van der Waals surface area (Å²) in [4.78, 5) is 47.4. The standard InChI is InChI=1S/C32H40N8O3S/c1-21(2)27-30-36-29(23-11-6-5-7-12-23)37-40(30)18-17-38(32(43)24-20-33-39-16-8-10-22(3)28(24)39)15-9-13-26(41)34-25(14-19-44-4)31(42)35-27/h5-8,10-12,16,20-21,25,27H,9,13-15,17-19H2,1-4H3,(H,34,41)(H,35,42)/t25-,27+/m0/s1. The Kier molecular flexibility index (Phi) is 9.99. The number of carbonyl (C=O) groups excluding carboxylic acids is 3. The van der Waals surface area contributed by atoms with Crippen molar-refractivity contribution in [3.63, 3.8) is 0 Å². The maximum Gasteiger partial charge on any atom is 0.257 e. The molecule has 1 aliphatic rings. The third-order valence-electron chi connectivity index (χ3n) is 7.91. The molecule has 3 amide bonds. The Morgan fingerprint density at radius 3 is 2.61 bits per heavy atom. The summed E-state index contributed by atoms with van der Waals surface area (Å²) in [6.07, 6.45) is 6.56. The second-order valence-corrected chi connectivity index (χ2v) is 12.4. The van der Waals surface area contributed by atoms with Crippen molar-refractivity contribution in [2.75, 3.05) is 25.1 Å². The molecular weight excluding hydrogens is 576 g/mol. The number of aryl methyl sites for hydroxylation is 1. The van der Waals surface area contributed by atoms with Crippen LogP contribution in [0.1, 0.15) is 60.9 Å². The molecule has 0 fully saturated rings. The fourth-order valence-corrected chi connectivity index (χ4v) is 5.99. The molecule has 0 unspecified atom stereocenters. The van der Waals surface area contributed by atoms with Gasteiger partial charge in [-0.15, -0.1) is 0 Å². The van der Waals surface area contributed by atoms with Gasteiger partial charge in [-0.2, -0.15) is 22.0 Å². The largest absolute Gasteiger partial charge is 0.344 e. The number of aromatic nitrogens is 5. The molecule has 44 heavy (non-hydrogen) atoms. The predicted octanol–water partition coefficient (Wildman–Crippen LogP) is 3.89. The van der Waals surface area contributed by atoms with Crippen molar-refractivity contribution in [3.8, 4) is 11.4 Å². The van der Waals surface area contributed by atoms with Crippen molar-refractivity contribution < 1.29 is 14.4 Å². The Morgan fingerprint density at radius 2 is 1.86 bits per heavy atom. The first-order valence-electron chi connectivity index (χ1n) is 15.1. The van der Waals surface area contributed by atoms with Gasteiger partial charge in [0.1, 0.15) is 6.04 Å². The summed E-state index contributed by atoms with van der Waals surface area (Å²) < 4.78 is 3.53. The van der Waals surface area contributed by atoms with Gasteiger partial charge in [0.05, 0.1) is 29.9 Å². The number of nitrogens with one attached hydrogen (secondary N) is 2. The zero-order valence-electron chi connectivity index (χ0n) is 25.7. The lowest BCUT2D eigenvalue weighted by atomic mass is 10.0. The number of thioether (sulfide) groups is 1. The van der Waals surface area contributed by atoms with Gasteiger partial charge in [0.2, 0.25) is 11.8 Å². The van der Waals surface area contributed by atoms with Crippen molar-refractivity contribution in [3.05, 3.63) is 71.8 Å². The Bertz CT molecular complexity index is 1620. The number of fused-ring (bicyclic) bond motifs is 2. The molecule has 5 rings (SSSR count). The summed E-state index contributed by atoms with van der Waals surface area (Å²) in [6, 6.07) is 12.4. The van der Waals surface area contributed by atoms with E-state index >= 15 is 0 Å². The molecular formula is C32H40N8O3S. The van der Waals surface area contributed by atoms with E-state index in [-0.39, 0.29) is 30.1 Å². The van der Waals surface area contributed by atoms with E-state index in [1.165, 1.54) is 0 Å². The molecule has 11 nitrogen and oxygen atoms in total. The molecule has 1 aromatic carbocycles. The molecule has 232 valence electrons. The van der Waals surface area contributed by atoms with Crippen LogP contribution in [0.25, 0.3) is 16.9 Å². The molecule has 0 bridgehead atoms. The van der Waals surface area contributed by atoms with Crippen LogP contribution in [0.3, 0.4) is 0 Å². The van der Waals surface area contributed by atoms with E-state index in [1.54, 1.807) is 27.4 Å². The summed E-state index contributed by atoms with van der Waals surface area (Å²) in [7, 11) is 0. The average Bonchev–Trinajstić information content (AvgIpc) is 3.65. The van der Waals surface area contributed by atoms with Crippen molar-refractivity contribution in [2.24, 2.45) is 5.92 Å². The second kappa shape index (κ2) is 14.1. The number of benzene rings is 1. The summed E-state index contributed by atoms with van der Waals surface area (Å²) in [6.45, 7) is 7.06. The number of hydrogen-bond acceptors (Lipinski definition) is 7. The molecule has 12 heteroatoms. The normalized spacial score (nSPS) is 18.5. The van der Waals surface area contributed by atoms with Crippen LogP contribution in [0.2, 0.25) is 0 Å². The highest BCUT2D eigenvalue weighted by atomic mass is 32.2. The number of amides is 3. The van der Waals surface area contributed by atoms with Gasteiger partial charge in [-0.1, -0.05) is 50.2 Å². The number of hydrogen-bond donors (Lipinski definition) is 2. The zero-order chi connectivity index (χ0) is 31.2. The van der Waals surface area contributed by atoms with E-state index in [9.17, 15) is 14.4 Å². The van der Waals surface area contributed by atoms with E-state index in [4.69, 9.17) is 10.1 Å². The monoisotopic (exact) mass is 616 g/mol. The van der Waals surface area contributed by atoms with Gasteiger partial charge in [0, 0.05) is 31.3 Å². The van der Waals surface area contributed by atoms with Crippen LogP contribution in [0.4, 0.5) is 0 Å². The molecule has 0 radical (unpaired) electrons.